The van der Waals surface area contributed by atoms with Crippen LogP contribution in [0.4, 0.5) is 0 Å². The van der Waals surface area contributed by atoms with E-state index in [0.29, 0.717) is 12.1 Å². The molecule has 1 aromatic heterocycles. The van der Waals surface area contributed by atoms with Gasteiger partial charge in [-0.15, -0.1) is 11.3 Å². The van der Waals surface area contributed by atoms with Crippen LogP contribution < -0.4 is 5.32 Å². The summed E-state index contributed by atoms with van der Waals surface area (Å²) in [7, 11) is 2.20. The molecular formula is C10H17N3S. The number of likely N-dealkylation sites (N-methyl/N-ethyl adjacent to an activating group) is 1. The molecule has 2 atom stereocenters. The molecule has 3 nitrogen and oxygen atoms in total. The van der Waals surface area contributed by atoms with Gasteiger partial charge in [-0.05, 0) is 26.9 Å². The number of nitrogens with one attached hydrogen (secondary N) is 1. The highest BCUT2D eigenvalue weighted by Crippen LogP contribution is 2.24. The monoisotopic (exact) mass is 211 g/mol. The molecule has 1 N–H and O–H groups in total. The maximum absolute atomic E-state index is 4.37. The van der Waals surface area contributed by atoms with Crippen LogP contribution in [0.15, 0.2) is 11.6 Å². The quantitative estimate of drug-likeness (QED) is 0.821. The Kier molecular flexibility index (Phi) is 3.15. The number of rotatable bonds is 3. The van der Waals surface area contributed by atoms with Crippen LogP contribution in [-0.2, 0) is 0 Å². The van der Waals surface area contributed by atoms with Crippen molar-refractivity contribution in [2.45, 2.75) is 25.4 Å². The lowest BCUT2D eigenvalue weighted by Crippen LogP contribution is -2.35. The van der Waals surface area contributed by atoms with E-state index < -0.39 is 0 Å². The molecule has 1 aromatic rings. The first-order valence-electron chi connectivity index (χ1n) is 5.11. The largest absolute Gasteiger partial charge is 0.315 e. The zero-order chi connectivity index (χ0) is 9.97. The van der Waals surface area contributed by atoms with Crippen LogP contribution in [-0.4, -0.2) is 36.1 Å². The van der Waals surface area contributed by atoms with Crippen LogP contribution in [0, 0.1) is 0 Å². The number of aromatic nitrogens is 1. The molecule has 2 heterocycles. The zero-order valence-corrected chi connectivity index (χ0v) is 9.55. The molecule has 1 fully saturated rings. The molecule has 1 aliphatic rings. The first-order valence-corrected chi connectivity index (χ1v) is 5.99. The molecule has 14 heavy (non-hydrogen) atoms. The Morgan fingerprint density at radius 1 is 1.71 bits per heavy atom. The normalized spacial score (nSPS) is 24.4. The summed E-state index contributed by atoms with van der Waals surface area (Å²) in [6.07, 6.45) is 3.14. The van der Waals surface area contributed by atoms with E-state index in [4.69, 9.17) is 0 Å². The van der Waals surface area contributed by atoms with Gasteiger partial charge < -0.3 is 5.32 Å². The fraction of sp³-hybridized carbons (Fsp3) is 0.700. The number of thiazole rings is 1. The Bertz CT molecular complexity index is 267. The van der Waals surface area contributed by atoms with Crippen LogP contribution in [0.3, 0.4) is 0 Å². The van der Waals surface area contributed by atoms with E-state index in [-0.39, 0.29) is 0 Å². The highest BCUT2D eigenvalue weighted by molar-refractivity contribution is 7.09. The van der Waals surface area contributed by atoms with E-state index in [0.717, 1.165) is 13.1 Å². The lowest BCUT2D eigenvalue weighted by Gasteiger charge is -2.28. The summed E-state index contributed by atoms with van der Waals surface area (Å²) in [6.45, 7) is 4.50. The molecule has 1 saturated heterocycles. The summed E-state index contributed by atoms with van der Waals surface area (Å²) in [5.41, 5.74) is 0. The summed E-state index contributed by atoms with van der Waals surface area (Å²) in [5, 5.41) is 6.66. The van der Waals surface area contributed by atoms with Gasteiger partial charge in [0.15, 0.2) is 0 Å². The van der Waals surface area contributed by atoms with Gasteiger partial charge in [-0.3, -0.25) is 4.90 Å². The van der Waals surface area contributed by atoms with Gasteiger partial charge >= 0.3 is 0 Å². The zero-order valence-electron chi connectivity index (χ0n) is 8.73. The van der Waals surface area contributed by atoms with Gasteiger partial charge in [0.2, 0.25) is 0 Å². The van der Waals surface area contributed by atoms with Crippen molar-refractivity contribution in [3.05, 3.63) is 16.6 Å². The predicted octanol–water partition coefficient (Wildman–Crippen LogP) is 1.50. The average Bonchev–Trinajstić information content (AvgIpc) is 2.87. The maximum atomic E-state index is 4.37. The van der Waals surface area contributed by atoms with Crippen molar-refractivity contribution in [3.8, 4) is 0 Å². The van der Waals surface area contributed by atoms with Crippen LogP contribution in [0.5, 0.6) is 0 Å². The van der Waals surface area contributed by atoms with E-state index in [9.17, 15) is 0 Å². The molecule has 0 radical (unpaired) electrons. The van der Waals surface area contributed by atoms with E-state index >= 15 is 0 Å². The van der Waals surface area contributed by atoms with Gasteiger partial charge in [-0.25, -0.2) is 4.98 Å². The van der Waals surface area contributed by atoms with Gasteiger partial charge in [0.05, 0.1) is 6.04 Å². The van der Waals surface area contributed by atoms with Gasteiger partial charge in [0, 0.05) is 24.2 Å². The number of hydrogen-bond acceptors (Lipinski definition) is 4. The third kappa shape index (κ3) is 1.97. The Balaban J connectivity index is 2.00. The van der Waals surface area contributed by atoms with Crippen LogP contribution in [0.1, 0.15) is 24.4 Å². The van der Waals surface area contributed by atoms with E-state index in [1.807, 2.05) is 11.6 Å². The van der Waals surface area contributed by atoms with Crippen molar-refractivity contribution < 1.29 is 0 Å². The van der Waals surface area contributed by atoms with Gasteiger partial charge in [0.1, 0.15) is 5.01 Å². The Morgan fingerprint density at radius 2 is 2.57 bits per heavy atom. The molecule has 78 valence electrons. The van der Waals surface area contributed by atoms with Crippen LogP contribution in [0.25, 0.3) is 0 Å². The van der Waals surface area contributed by atoms with Crippen LogP contribution in [0.2, 0.25) is 0 Å². The van der Waals surface area contributed by atoms with E-state index in [1.54, 1.807) is 11.3 Å². The molecular weight excluding hydrogens is 194 g/mol. The van der Waals surface area contributed by atoms with Gasteiger partial charge in [-0.2, -0.15) is 0 Å². The van der Waals surface area contributed by atoms with Crippen molar-refractivity contribution in [1.82, 2.24) is 15.2 Å². The van der Waals surface area contributed by atoms with E-state index in [1.165, 1.54) is 11.4 Å². The molecule has 2 rings (SSSR count). The first-order chi connectivity index (χ1) is 6.79. The van der Waals surface area contributed by atoms with Gasteiger partial charge in [0.25, 0.3) is 0 Å². The minimum absolute atomic E-state index is 0.444. The highest BCUT2D eigenvalue weighted by Gasteiger charge is 2.24. The minimum atomic E-state index is 0.444. The fourth-order valence-corrected chi connectivity index (χ4v) is 2.66. The standard InChI is InChI=1S/C10H17N3S/c1-8(10-12-5-6-14-10)13(2)9-3-4-11-7-9/h5-6,8-9,11H,3-4,7H2,1-2H3/t8-,9+/m1/s1. The number of hydrogen-bond donors (Lipinski definition) is 1. The molecule has 0 saturated carbocycles. The lowest BCUT2D eigenvalue weighted by molar-refractivity contribution is 0.196. The van der Waals surface area contributed by atoms with E-state index in [2.05, 4.69) is 29.2 Å². The predicted molar refractivity (Wildman–Crippen MR) is 59.6 cm³/mol. The summed E-state index contributed by atoms with van der Waals surface area (Å²) >= 11 is 1.74. The molecule has 1 aliphatic heterocycles. The maximum Gasteiger partial charge on any atom is 0.109 e. The van der Waals surface area contributed by atoms with Crippen molar-refractivity contribution in [1.29, 1.82) is 0 Å². The summed E-state index contributed by atoms with van der Waals surface area (Å²) < 4.78 is 0. The molecule has 0 unspecified atom stereocenters. The molecule has 0 bridgehead atoms. The highest BCUT2D eigenvalue weighted by atomic mass is 32.1. The third-order valence-corrected chi connectivity index (χ3v) is 3.98. The van der Waals surface area contributed by atoms with Crippen molar-refractivity contribution in [2.75, 3.05) is 20.1 Å². The number of nitrogens with zero attached hydrogens (tertiary/aromatic N) is 2. The van der Waals surface area contributed by atoms with Crippen molar-refractivity contribution in [2.24, 2.45) is 0 Å². The smallest absolute Gasteiger partial charge is 0.109 e. The fourth-order valence-electron chi connectivity index (χ4n) is 1.92. The minimum Gasteiger partial charge on any atom is -0.315 e. The average molecular weight is 211 g/mol. The molecule has 4 heteroatoms. The van der Waals surface area contributed by atoms with Crippen LogP contribution >= 0.6 is 11.3 Å². The first kappa shape index (κ1) is 10.1. The summed E-state index contributed by atoms with van der Waals surface area (Å²) in [6, 6.07) is 1.12. The Labute approximate surface area is 89.1 Å². The SMILES string of the molecule is C[C@H](c1nccs1)N(C)[C@H]1CCNC1. The second kappa shape index (κ2) is 4.38. The Hall–Kier alpha value is -0.450. The molecule has 0 amide bonds. The second-order valence-corrected chi connectivity index (χ2v) is 4.78. The third-order valence-electron chi connectivity index (χ3n) is 3.03. The van der Waals surface area contributed by atoms with Crippen molar-refractivity contribution >= 4 is 11.3 Å². The lowest BCUT2D eigenvalue weighted by atomic mass is 10.2. The second-order valence-electron chi connectivity index (χ2n) is 3.86. The molecule has 0 spiro atoms. The Morgan fingerprint density at radius 3 is 3.14 bits per heavy atom. The summed E-state index contributed by atoms with van der Waals surface area (Å²) in [5.74, 6) is 0. The van der Waals surface area contributed by atoms with Crippen molar-refractivity contribution in [3.63, 3.8) is 0 Å². The van der Waals surface area contributed by atoms with Gasteiger partial charge in [-0.1, -0.05) is 0 Å². The molecule has 0 aromatic carbocycles. The molecule has 0 aliphatic carbocycles. The summed E-state index contributed by atoms with van der Waals surface area (Å²) in [4.78, 5) is 6.79. The topological polar surface area (TPSA) is 28.2 Å².